The smallest absolute Gasteiger partial charge is 0.268 e. The van der Waals surface area contributed by atoms with Gasteiger partial charge in [-0.25, -0.2) is 4.98 Å². The first kappa shape index (κ1) is 15.6. The van der Waals surface area contributed by atoms with Crippen LogP contribution in [0.15, 0.2) is 59.9 Å². The maximum Gasteiger partial charge on any atom is 0.268 e. The zero-order valence-corrected chi connectivity index (χ0v) is 13.4. The molecule has 6 nitrogen and oxygen atoms in total. The molecular weight excluding hydrogens is 322 g/mol. The number of amides is 1. The van der Waals surface area contributed by atoms with Crippen molar-refractivity contribution in [2.75, 3.05) is 5.32 Å². The highest BCUT2D eigenvalue weighted by atomic mass is 32.1. The van der Waals surface area contributed by atoms with E-state index in [0.717, 1.165) is 5.56 Å². The molecule has 3 aromatic rings. The summed E-state index contributed by atoms with van der Waals surface area (Å²) in [4.78, 5) is 16.0. The summed E-state index contributed by atoms with van der Waals surface area (Å²) < 4.78 is 1.76. The summed E-state index contributed by atoms with van der Waals surface area (Å²) in [6.45, 7) is 0.627. The van der Waals surface area contributed by atoms with Crippen LogP contribution in [-0.2, 0) is 11.3 Å². The van der Waals surface area contributed by atoms with Crippen LogP contribution in [0, 0.1) is 11.3 Å². The second-order valence-electron chi connectivity index (χ2n) is 4.92. The van der Waals surface area contributed by atoms with E-state index in [0.29, 0.717) is 17.2 Å². The SMILES string of the molecule is N#CC(=Cc1cnn(Cc2ccccc2)c1)C(=O)Nc1nccs1. The Morgan fingerprint density at radius 2 is 2.21 bits per heavy atom. The molecule has 0 aliphatic rings. The van der Waals surface area contributed by atoms with Crippen LogP contribution in [0.2, 0.25) is 0 Å². The number of carbonyl (C=O) groups is 1. The van der Waals surface area contributed by atoms with E-state index in [1.807, 2.05) is 36.4 Å². The number of hydrogen-bond donors (Lipinski definition) is 1. The van der Waals surface area contributed by atoms with Crippen molar-refractivity contribution in [1.29, 1.82) is 5.26 Å². The second kappa shape index (κ2) is 7.35. The van der Waals surface area contributed by atoms with Crippen LogP contribution < -0.4 is 5.32 Å². The van der Waals surface area contributed by atoms with E-state index in [1.165, 1.54) is 17.4 Å². The van der Waals surface area contributed by atoms with Crippen LogP contribution in [-0.4, -0.2) is 20.7 Å². The maximum atomic E-state index is 12.1. The Labute approximate surface area is 142 Å². The third-order valence-corrected chi connectivity index (χ3v) is 3.86. The van der Waals surface area contributed by atoms with Gasteiger partial charge in [-0.3, -0.25) is 14.8 Å². The number of nitrogens with one attached hydrogen (secondary N) is 1. The minimum atomic E-state index is -0.483. The maximum absolute atomic E-state index is 12.1. The molecule has 0 aliphatic carbocycles. The Morgan fingerprint density at radius 1 is 1.38 bits per heavy atom. The number of thiazole rings is 1. The van der Waals surface area contributed by atoms with E-state index in [9.17, 15) is 10.1 Å². The predicted molar refractivity (Wildman–Crippen MR) is 92.1 cm³/mol. The molecule has 0 atom stereocenters. The topological polar surface area (TPSA) is 83.6 Å². The lowest BCUT2D eigenvalue weighted by Crippen LogP contribution is -2.13. The van der Waals surface area contributed by atoms with Crippen molar-refractivity contribution in [3.63, 3.8) is 0 Å². The molecule has 3 rings (SSSR count). The summed E-state index contributed by atoms with van der Waals surface area (Å²) in [6, 6.07) is 11.8. The summed E-state index contributed by atoms with van der Waals surface area (Å²) in [5.74, 6) is -0.483. The molecule has 0 saturated carbocycles. The molecule has 0 spiro atoms. The first-order valence-electron chi connectivity index (χ1n) is 7.13. The average Bonchev–Trinajstić information content (AvgIpc) is 3.25. The van der Waals surface area contributed by atoms with E-state index < -0.39 is 5.91 Å². The largest absolute Gasteiger partial charge is 0.297 e. The van der Waals surface area contributed by atoms with Gasteiger partial charge in [0.2, 0.25) is 0 Å². The molecule has 0 saturated heterocycles. The average molecular weight is 335 g/mol. The number of carbonyl (C=O) groups excluding carboxylic acids is 1. The molecule has 0 unspecified atom stereocenters. The molecule has 1 N–H and O–H groups in total. The summed E-state index contributed by atoms with van der Waals surface area (Å²) in [5.41, 5.74) is 1.82. The predicted octanol–water partition coefficient (Wildman–Crippen LogP) is 2.93. The van der Waals surface area contributed by atoms with E-state index >= 15 is 0 Å². The number of aromatic nitrogens is 3. The van der Waals surface area contributed by atoms with E-state index in [-0.39, 0.29) is 5.57 Å². The first-order valence-corrected chi connectivity index (χ1v) is 8.01. The van der Waals surface area contributed by atoms with Crippen LogP contribution >= 0.6 is 11.3 Å². The number of nitriles is 1. The van der Waals surface area contributed by atoms with Crippen LogP contribution in [0.5, 0.6) is 0 Å². The van der Waals surface area contributed by atoms with E-state index in [1.54, 1.807) is 28.7 Å². The molecule has 0 bridgehead atoms. The van der Waals surface area contributed by atoms with Crippen molar-refractivity contribution >= 4 is 28.5 Å². The summed E-state index contributed by atoms with van der Waals surface area (Å²) in [6.07, 6.45) is 6.51. The number of benzene rings is 1. The molecule has 24 heavy (non-hydrogen) atoms. The summed E-state index contributed by atoms with van der Waals surface area (Å²) in [7, 11) is 0. The summed E-state index contributed by atoms with van der Waals surface area (Å²) >= 11 is 1.29. The monoisotopic (exact) mass is 335 g/mol. The normalized spacial score (nSPS) is 11.0. The molecule has 118 valence electrons. The fourth-order valence-electron chi connectivity index (χ4n) is 2.08. The molecule has 0 aliphatic heterocycles. The van der Waals surface area contributed by atoms with Crippen molar-refractivity contribution in [3.05, 3.63) is 71.0 Å². The Hall–Kier alpha value is -3.24. The zero-order valence-electron chi connectivity index (χ0n) is 12.6. The van der Waals surface area contributed by atoms with Gasteiger partial charge in [0.05, 0.1) is 12.7 Å². The molecule has 0 radical (unpaired) electrons. The van der Waals surface area contributed by atoms with Gasteiger partial charge in [0, 0.05) is 23.3 Å². The number of nitrogens with zero attached hydrogens (tertiary/aromatic N) is 4. The lowest BCUT2D eigenvalue weighted by Gasteiger charge is -2.00. The fourth-order valence-corrected chi connectivity index (χ4v) is 2.60. The van der Waals surface area contributed by atoms with Gasteiger partial charge in [0.25, 0.3) is 5.91 Å². The Kier molecular flexibility index (Phi) is 4.79. The lowest BCUT2D eigenvalue weighted by molar-refractivity contribution is -0.112. The van der Waals surface area contributed by atoms with Gasteiger partial charge in [-0.1, -0.05) is 30.3 Å². The highest BCUT2D eigenvalue weighted by Gasteiger charge is 2.11. The minimum Gasteiger partial charge on any atom is -0.297 e. The quantitative estimate of drug-likeness (QED) is 0.574. The molecule has 0 fully saturated rings. The molecule has 1 amide bonds. The van der Waals surface area contributed by atoms with Gasteiger partial charge in [-0.2, -0.15) is 10.4 Å². The van der Waals surface area contributed by atoms with Crippen LogP contribution in [0.3, 0.4) is 0 Å². The van der Waals surface area contributed by atoms with Crippen LogP contribution in [0.4, 0.5) is 5.13 Å². The van der Waals surface area contributed by atoms with Gasteiger partial charge in [-0.15, -0.1) is 11.3 Å². The Bertz CT molecular complexity index is 891. The first-order chi connectivity index (χ1) is 11.7. The van der Waals surface area contributed by atoms with E-state index in [2.05, 4.69) is 15.4 Å². The summed E-state index contributed by atoms with van der Waals surface area (Å²) in [5, 5.41) is 18.3. The van der Waals surface area contributed by atoms with Crippen LogP contribution in [0.1, 0.15) is 11.1 Å². The third-order valence-electron chi connectivity index (χ3n) is 3.17. The molecule has 2 heterocycles. The lowest BCUT2D eigenvalue weighted by atomic mass is 10.2. The van der Waals surface area contributed by atoms with Gasteiger partial charge < -0.3 is 0 Å². The van der Waals surface area contributed by atoms with Crippen molar-refractivity contribution in [3.8, 4) is 6.07 Å². The number of hydrogen-bond acceptors (Lipinski definition) is 5. The zero-order chi connectivity index (χ0) is 16.8. The highest BCUT2D eigenvalue weighted by molar-refractivity contribution is 7.13. The van der Waals surface area contributed by atoms with Crippen molar-refractivity contribution < 1.29 is 4.79 Å². The molecule has 2 aromatic heterocycles. The molecule has 7 heteroatoms. The molecule has 1 aromatic carbocycles. The third kappa shape index (κ3) is 3.94. The second-order valence-corrected chi connectivity index (χ2v) is 5.81. The van der Waals surface area contributed by atoms with Crippen molar-refractivity contribution in [1.82, 2.24) is 14.8 Å². The van der Waals surface area contributed by atoms with Gasteiger partial charge in [0.1, 0.15) is 11.6 Å². The fraction of sp³-hybridized carbons (Fsp3) is 0.0588. The van der Waals surface area contributed by atoms with Gasteiger partial charge >= 0.3 is 0 Å². The Morgan fingerprint density at radius 3 is 2.92 bits per heavy atom. The molecular formula is C17H13N5OS. The minimum absolute atomic E-state index is 0.00413. The number of rotatable bonds is 5. The highest BCUT2D eigenvalue weighted by Crippen LogP contribution is 2.13. The van der Waals surface area contributed by atoms with Gasteiger partial charge in [-0.05, 0) is 11.6 Å². The van der Waals surface area contributed by atoms with Crippen LogP contribution in [0.25, 0.3) is 6.08 Å². The van der Waals surface area contributed by atoms with Gasteiger partial charge in [0.15, 0.2) is 5.13 Å². The van der Waals surface area contributed by atoms with Crippen molar-refractivity contribution in [2.45, 2.75) is 6.54 Å². The van der Waals surface area contributed by atoms with Crippen molar-refractivity contribution in [2.24, 2.45) is 0 Å². The number of anilines is 1. The Balaban J connectivity index is 1.72. The van der Waals surface area contributed by atoms with E-state index in [4.69, 9.17) is 0 Å². The standard InChI is InChI=1S/C17H13N5OS/c18-9-15(16(23)21-17-19-6-7-24-17)8-14-10-20-22(12-14)11-13-4-2-1-3-5-13/h1-8,10,12H,11H2,(H,19,21,23).